The van der Waals surface area contributed by atoms with Crippen molar-refractivity contribution in [3.05, 3.63) is 29.8 Å². The van der Waals surface area contributed by atoms with Crippen LogP contribution in [0.2, 0.25) is 0 Å². The maximum Gasteiger partial charge on any atom is 0.194 e. The zero-order chi connectivity index (χ0) is 21.7. The van der Waals surface area contributed by atoms with Crippen LogP contribution < -0.4 is 5.32 Å². The molecular weight excluding hydrogens is 396 g/mol. The predicted octanol–water partition coefficient (Wildman–Crippen LogP) is 3.00. The molecule has 0 spiro atoms. The van der Waals surface area contributed by atoms with Crippen molar-refractivity contribution >= 4 is 15.8 Å². The van der Waals surface area contributed by atoms with Gasteiger partial charge in [0.05, 0.1) is 4.90 Å². The number of nitrogens with zero attached hydrogens (tertiary/aromatic N) is 3. The van der Waals surface area contributed by atoms with Crippen molar-refractivity contribution in [1.82, 2.24) is 15.1 Å². The van der Waals surface area contributed by atoms with Crippen LogP contribution in [0, 0.1) is 11.8 Å². The lowest BCUT2D eigenvalue weighted by molar-refractivity contribution is 0.0864. The number of nitrogens with one attached hydrogen (secondary N) is 1. The highest BCUT2D eigenvalue weighted by molar-refractivity contribution is 7.90. The van der Waals surface area contributed by atoms with Crippen molar-refractivity contribution in [2.24, 2.45) is 16.8 Å². The summed E-state index contributed by atoms with van der Waals surface area (Å²) >= 11 is 0. The molecular formula is C23H38N4O2S. The van der Waals surface area contributed by atoms with E-state index in [0.29, 0.717) is 11.4 Å². The third-order valence-electron chi connectivity index (χ3n) is 6.83. The van der Waals surface area contributed by atoms with E-state index >= 15 is 0 Å². The third-order valence-corrected chi connectivity index (χ3v) is 7.96. The lowest BCUT2D eigenvalue weighted by Crippen LogP contribution is -2.55. The summed E-state index contributed by atoms with van der Waals surface area (Å²) in [4.78, 5) is 9.84. The van der Waals surface area contributed by atoms with Crippen LogP contribution in [0.1, 0.15) is 45.1 Å². The molecule has 1 aromatic carbocycles. The summed E-state index contributed by atoms with van der Waals surface area (Å²) in [5.41, 5.74) is 1.05. The number of rotatable bonds is 5. The molecule has 1 aromatic rings. The average Bonchev–Trinajstić information content (AvgIpc) is 2.74. The monoisotopic (exact) mass is 434 g/mol. The van der Waals surface area contributed by atoms with Crippen molar-refractivity contribution < 1.29 is 8.42 Å². The van der Waals surface area contributed by atoms with E-state index in [2.05, 4.69) is 34.0 Å². The van der Waals surface area contributed by atoms with Crippen LogP contribution in [0.4, 0.5) is 0 Å². The van der Waals surface area contributed by atoms with Crippen LogP contribution in [0.15, 0.2) is 34.2 Å². The molecule has 1 heterocycles. The van der Waals surface area contributed by atoms with Crippen LogP contribution in [-0.4, -0.2) is 69.7 Å². The Morgan fingerprint density at radius 2 is 1.67 bits per heavy atom. The zero-order valence-corrected chi connectivity index (χ0v) is 19.8. The highest BCUT2D eigenvalue weighted by Crippen LogP contribution is 2.32. The molecule has 1 N–H and O–H groups in total. The Bertz CT molecular complexity index is 804. The summed E-state index contributed by atoms with van der Waals surface area (Å²) in [5, 5.41) is 3.43. The van der Waals surface area contributed by atoms with E-state index in [-0.39, 0.29) is 0 Å². The number of guanidine groups is 1. The minimum Gasteiger partial charge on any atom is -0.352 e. The minimum absolute atomic E-state index is 0.356. The van der Waals surface area contributed by atoms with Gasteiger partial charge in [0.1, 0.15) is 0 Å². The Labute approximate surface area is 182 Å². The van der Waals surface area contributed by atoms with Gasteiger partial charge in [0.25, 0.3) is 0 Å². The largest absolute Gasteiger partial charge is 0.352 e. The SMILES string of the molecule is CN=C(NCc1ccc(S(C)(=O)=O)cc1)N1CCN(C2CCC(C(C)C)CC2)CC1. The van der Waals surface area contributed by atoms with Crippen LogP contribution in [0.5, 0.6) is 0 Å². The molecule has 2 aliphatic rings. The Hall–Kier alpha value is -1.60. The summed E-state index contributed by atoms with van der Waals surface area (Å²) < 4.78 is 23.2. The molecule has 30 heavy (non-hydrogen) atoms. The molecule has 0 unspecified atom stereocenters. The first-order chi connectivity index (χ1) is 14.3. The van der Waals surface area contributed by atoms with E-state index in [1.54, 1.807) is 12.1 Å². The second-order valence-electron chi connectivity index (χ2n) is 9.15. The lowest BCUT2D eigenvalue weighted by atomic mass is 9.79. The van der Waals surface area contributed by atoms with Gasteiger partial charge < -0.3 is 10.2 Å². The highest BCUT2D eigenvalue weighted by Gasteiger charge is 2.29. The maximum atomic E-state index is 11.6. The molecule has 0 radical (unpaired) electrons. The number of hydrogen-bond acceptors (Lipinski definition) is 4. The first-order valence-corrected chi connectivity index (χ1v) is 13.2. The first kappa shape index (κ1) is 23.1. The summed E-state index contributed by atoms with van der Waals surface area (Å²) in [6, 6.07) is 7.82. The fourth-order valence-corrected chi connectivity index (χ4v) is 5.43. The zero-order valence-electron chi connectivity index (χ0n) is 19.0. The molecule has 2 fully saturated rings. The van der Waals surface area contributed by atoms with Gasteiger partial charge in [-0.2, -0.15) is 0 Å². The molecule has 0 atom stereocenters. The molecule has 1 aliphatic carbocycles. The Kier molecular flexibility index (Phi) is 7.80. The molecule has 0 aromatic heterocycles. The lowest BCUT2D eigenvalue weighted by Gasteiger charge is -2.43. The molecule has 1 saturated heterocycles. The first-order valence-electron chi connectivity index (χ1n) is 11.3. The summed E-state index contributed by atoms with van der Waals surface area (Å²) in [6.07, 6.45) is 6.68. The molecule has 7 heteroatoms. The van der Waals surface area contributed by atoms with Gasteiger partial charge in [-0.05, 0) is 55.2 Å². The molecule has 0 amide bonds. The Balaban J connectivity index is 1.46. The number of benzene rings is 1. The maximum absolute atomic E-state index is 11.6. The number of aliphatic imine (C=N–C) groups is 1. The fraction of sp³-hybridized carbons (Fsp3) is 0.696. The Morgan fingerprint density at radius 1 is 1.07 bits per heavy atom. The van der Waals surface area contributed by atoms with Crippen LogP contribution in [-0.2, 0) is 16.4 Å². The van der Waals surface area contributed by atoms with E-state index in [0.717, 1.165) is 55.6 Å². The average molecular weight is 435 g/mol. The van der Waals surface area contributed by atoms with Crippen molar-refractivity contribution in [2.45, 2.75) is 57.0 Å². The second-order valence-corrected chi connectivity index (χ2v) is 11.2. The van der Waals surface area contributed by atoms with Crippen LogP contribution in [0.25, 0.3) is 0 Å². The number of sulfone groups is 1. The van der Waals surface area contributed by atoms with E-state index in [9.17, 15) is 8.42 Å². The van der Waals surface area contributed by atoms with Gasteiger partial charge >= 0.3 is 0 Å². The third kappa shape index (κ3) is 5.97. The van der Waals surface area contributed by atoms with E-state index in [1.807, 2.05) is 19.2 Å². The van der Waals surface area contributed by atoms with E-state index < -0.39 is 9.84 Å². The number of piperazine rings is 1. The topological polar surface area (TPSA) is 65.0 Å². The van der Waals surface area contributed by atoms with Gasteiger partial charge in [0, 0.05) is 52.1 Å². The molecule has 0 bridgehead atoms. The molecule has 168 valence electrons. The van der Waals surface area contributed by atoms with E-state index in [1.165, 1.54) is 31.9 Å². The van der Waals surface area contributed by atoms with E-state index in [4.69, 9.17) is 0 Å². The van der Waals surface area contributed by atoms with Gasteiger partial charge in [-0.1, -0.05) is 26.0 Å². The molecule has 3 rings (SSSR count). The van der Waals surface area contributed by atoms with Gasteiger partial charge in [-0.3, -0.25) is 9.89 Å². The van der Waals surface area contributed by atoms with Crippen molar-refractivity contribution in [3.8, 4) is 0 Å². The van der Waals surface area contributed by atoms with Gasteiger partial charge in [0.15, 0.2) is 15.8 Å². The summed E-state index contributed by atoms with van der Waals surface area (Å²) in [7, 11) is -1.32. The molecule has 1 aliphatic heterocycles. The normalized spacial score (nSPS) is 24.3. The van der Waals surface area contributed by atoms with Gasteiger partial charge in [-0.15, -0.1) is 0 Å². The summed E-state index contributed by atoms with van der Waals surface area (Å²) in [6.45, 7) is 9.55. The highest BCUT2D eigenvalue weighted by atomic mass is 32.2. The summed E-state index contributed by atoms with van der Waals surface area (Å²) in [5.74, 6) is 2.65. The number of hydrogen-bond donors (Lipinski definition) is 1. The van der Waals surface area contributed by atoms with Gasteiger partial charge in [-0.25, -0.2) is 8.42 Å². The second kappa shape index (κ2) is 10.1. The smallest absolute Gasteiger partial charge is 0.194 e. The Morgan fingerprint density at radius 3 is 2.17 bits per heavy atom. The van der Waals surface area contributed by atoms with Crippen molar-refractivity contribution in [2.75, 3.05) is 39.5 Å². The standard InChI is InChI=1S/C23H38N4O2S/c1-18(2)20-7-9-21(10-8-20)26-13-15-27(16-14-26)23(24-3)25-17-19-5-11-22(12-6-19)30(4,28)29/h5-6,11-12,18,20-21H,7-10,13-17H2,1-4H3,(H,24,25). The fourth-order valence-electron chi connectivity index (χ4n) is 4.80. The quantitative estimate of drug-likeness (QED) is 0.570. The predicted molar refractivity (Wildman–Crippen MR) is 123 cm³/mol. The van der Waals surface area contributed by atoms with Gasteiger partial charge in [0.2, 0.25) is 0 Å². The van der Waals surface area contributed by atoms with Crippen molar-refractivity contribution in [3.63, 3.8) is 0 Å². The van der Waals surface area contributed by atoms with Crippen LogP contribution in [0.3, 0.4) is 0 Å². The van der Waals surface area contributed by atoms with Crippen LogP contribution >= 0.6 is 0 Å². The van der Waals surface area contributed by atoms with Crippen molar-refractivity contribution in [1.29, 1.82) is 0 Å². The molecule has 1 saturated carbocycles. The minimum atomic E-state index is -3.15. The molecule has 6 nitrogen and oxygen atoms in total.